The largest absolute Gasteiger partial charge is 0.329 e. The lowest BCUT2D eigenvalue weighted by atomic mass is 9.84. The molecule has 0 radical (unpaired) electrons. The smallest absolute Gasteiger partial charge is 0.216 e. The molecule has 0 saturated heterocycles. The van der Waals surface area contributed by atoms with Gasteiger partial charge in [0, 0.05) is 12.6 Å². The molecule has 1 aromatic carbocycles. The van der Waals surface area contributed by atoms with Crippen LogP contribution < -0.4 is 10.5 Å². The van der Waals surface area contributed by atoms with Crippen LogP contribution in [0, 0.1) is 12.8 Å². The zero-order chi connectivity index (χ0) is 15.3. The molecule has 21 heavy (non-hydrogen) atoms. The summed E-state index contributed by atoms with van der Waals surface area (Å²) in [6, 6.07) is 7.50. The maximum Gasteiger partial charge on any atom is 0.216 e. The highest BCUT2D eigenvalue weighted by molar-refractivity contribution is 7.88. The molecule has 1 fully saturated rings. The monoisotopic (exact) mass is 310 g/mol. The van der Waals surface area contributed by atoms with Crippen LogP contribution >= 0.6 is 0 Å². The first-order valence-corrected chi connectivity index (χ1v) is 9.41. The molecular formula is C16H26N2O2S. The lowest BCUT2D eigenvalue weighted by Gasteiger charge is -2.29. The van der Waals surface area contributed by atoms with Crippen LogP contribution in [0.3, 0.4) is 0 Å². The van der Waals surface area contributed by atoms with E-state index >= 15 is 0 Å². The summed E-state index contributed by atoms with van der Waals surface area (Å²) in [5.74, 6) is 0.411. The molecule has 1 atom stereocenters. The van der Waals surface area contributed by atoms with Gasteiger partial charge < -0.3 is 5.73 Å². The summed E-state index contributed by atoms with van der Waals surface area (Å²) in [5.41, 5.74) is 7.70. The van der Waals surface area contributed by atoms with Gasteiger partial charge in [0.2, 0.25) is 10.0 Å². The average Bonchev–Trinajstić information content (AvgIpc) is 2.45. The van der Waals surface area contributed by atoms with E-state index in [0.29, 0.717) is 12.5 Å². The fourth-order valence-corrected chi connectivity index (χ4v) is 4.62. The molecule has 0 aliphatic heterocycles. The van der Waals surface area contributed by atoms with Crippen LogP contribution in [-0.2, 0) is 15.8 Å². The van der Waals surface area contributed by atoms with Gasteiger partial charge in [-0.2, -0.15) is 0 Å². The molecule has 3 N–H and O–H groups in total. The Kier molecular flexibility index (Phi) is 5.79. The Labute approximate surface area is 128 Å². The van der Waals surface area contributed by atoms with Crippen molar-refractivity contribution in [3.8, 4) is 0 Å². The first-order valence-electron chi connectivity index (χ1n) is 7.76. The van der Waals surface area contributed by atoms with Crippen molar-refractivity contribution in [1.29, 1.82) is 0 Å². The van der Waals surface area contributed by atoms with Crippen LogP contribution in [0.2, 0.25) is 0 Å². The van der Waals surface area contributed by atoms with Crippen LogP contribution in [0.25, 0.3) is 0 Å². The molecule has 118 valence electrons. The standard InChI is InChI=1S/C16H26N2O2S/c1-13-6-5-7-14(10-13)12-21(19,20)18-16(11-17)15-8-3-2-4-9-15/h5-7,10,15-16,18H,2-4,8-9,11-12,17H2,1H3. The van der Waals surface area contributed by atoms with Gasteiger partial charge >= 0.3 is 0 Å². The van der Waals surface area contributed by atoms with Crippen molar-refractivity contribution < 1.29 is 8.42 Å². The molecule has 1 unspecified atom stereocenters. The van der Waals surface area contributed by atoms with Crippen molar-refractivity contribution in [3.63, 3.8) is 0 Å². The number of hydrogen-bond donors (Lipinski definition) is 2. The van der Waals surface area contributed by atoms with Gasteiger partial charge in [-0.05, 0) is 31.2 Å². The van der Waals surface area contributed by atoms with Gasteiger partial charge in [0.05, 0.1) is 5.75 Å². The van der Waals surface area contributed by atoms with Crippen molar-refractivity contribution in [2.45, 2.75) is 50.8 Å². The normalized spacial score (nSPS) is 18.6. The SMILES string of the molecule is Cc1cccc(CS(=O)(=O)NC(CN)C2CCCCC2)c1. The summed E-state index contributed by atoms with van der Waals surface area (Å²) in [5, 5.41) is 0. The number of rotatable bonds is 6. The first kappa shape index (κ1) is 16.5. The fraction of sp³-hybridized carbons (Fsp3) is 0.625. The third-order valence-corrected chi connectivity index (χ3v) is 5.62. The summed E-state index contributed by atoms with van der Waals surface area (Å²) < 4.78 is 27.5. The van der Waals surface area contributed by atoms with Crippen molar-refractivity contribution in [3.05, 3.63) is 35.4 Å². The molecule has 0 bridgehead atoms. The predicted octanol–water partition coefficient (Wildman–Crippen LogP) is 2.32. The van der Waals surface area contributed by atoms with Crippen molar-refractivity contribution in [1.82, 2.24) is 4.72 Å². The lowest BCUT2D eigenvalue weighted by molar-refractivity contribution is 0.294. The van der Waals surface area contributed by atoms with Crippen LogP contribution in [0.5, 0.6) is 0 Å². The molecule has 0 amide bonds. The highest BCUT2D eigenvalue weighted by Gasteiger charge is 2.26. The highest BCUT2D eigenvalue weighted by Crippen LogP contribution is 2.26. The topological polar surface area (TPSA) is 72.2 Å². The average molecular weight is 310 g/mol. The molecule has 0 aromatic heterocycles. The minimum absolute atomic E-state index is 0.0257. The van der Waals surface area contributed by atoms with Crippen LogP contribution in [0.4, 0.5) is 0 Å². The molecule has 5 heteroatoms. The van der Waals surface area contributed by atoms with E-state index in [2.05, 4.69) is 4.72 Å². The summed E-state index contributed by atoms with van der Waals surface area (Å²) in [6.07, 6.45) is 5.77. The Morgan fingerprint density at radius 2 is 2.00 bits per heavy atom. The second kappa shape index (κ2) is 7.38. The van der Waals surface area contributed by atoms with Crippen LogP contribution in [0.15, 0.2) is 24.3 Å². The first-order chi connectivity index (χ1) is 10.00. The predicted molar refractivity (Wildman–Crippen MR) is 86.4 cm³/mol. The van der Waals surface area contributed by atoms with E-state index in [9.17, 15) is 8.42 Å². The van der Waals surface area contributed by atoms with E-state index < -0.39 is 10.0 Å². The van der Waals surface area contributed by atoms with Crippen molar-refractivity contribution >= 4 is 10.0 Å². The van der Waals surface area contributed by atoms with E-state index in [0.717, 1.165) is 24.0 Å². The van der Waals surface area contributed by atoms with E-state index in [1.165, 1.54) is 19.3 Å². The molecule has 1 aliphatic carbocycles. The van der Waals surface area contributed by atoms with E-state index in [1.807, 2.05) is 31.2 Å². The molecule has 2 rings (SSSR count). The second-order valence-electron chi connectivity index (χ2n) is 6.11. The van der Waals surface area contributed by atoms with Gasteiger partial charge in [-0.3, -0.25) is 0 Å². The Bertz CT molecular complexity index is 551. The molecular weight excluding hydrogens is 284 g/mol. The van der Waals surface area contributed by atoms with Crippen LogP contribution in [0.1, 0.15) is 43.2 Å². The quantitative estimate of drug-likeness (QED) is 0.847. The lowest BCUT2D eigenvalue weighted by Crippen LogP contribution is -2.46. The van der Waals surface area contributed by atoms with Crippen molar-refractivity contribution in [2.75, 3.05) is 6.54 Å². The molecule has 1 aliphatic rings. The number of hydrogen-bond acceptors (Lipinski definition) is 3. The molecule has 4 nitrogen and oxygen atoms in total. The minimum atomic E-state index is -3.34. The maximum atomic E-state index is 12.4. The highest BCUT2D eigenvalue weighted by atomic mass is 32.2. The third-order valence-electron chi connectivity index (χ3n) is 4.24. The van der Waals surface area contributed by atoms with E-state index in [1.54, 1.807) is 0 Å². The van der Waals surface area contributed by atoms with Crippen LogP contribution in [-0.4, -0.2) is 21.0 Å². The Morgan fingerprint density at radius 1 is 1.29 bits per heavy atom. The van der Waals surface area contributed by atoms with Gasteiger partial charge in [0.1, 0.15) is 0 Å². The fourth-order valence-electron chi connectivity index (χ4n) is 3.17. The Hall–Kier alpha value is -0.910. The van der Waals surface area contributed by atoms with Gasteiger partial charge in [-0.25, -0.2) is 13.1 Å². The van der Waals surface area contributed by atoms with Gasteiger partial charge in [-0.1, -0.05) is 49.1 Å². The molecule has 0 spiro atoms. The number of benzene rings is 1. The minimum Gasteiger partial charge on any atom is -0.329 e. The van der Waals surface area contributed by atoms with Gasteiger partial charge in [-0.15, -0.1) is 0 Å². The summed E-state index contributed by atoms with van der Waals surface area (Å²) >= 11 is 0. The molecule has 1 aromatic rings. The molecule has 0 heterocycles. The zero-order valence-electron chi connectivity index (χ0n) is 12.7. The summed E-state index contributed by atoms with van der Waals surface area (Å²) in [6.45, 7) is 2.34. The third kappa shape index (κ3) is 5.09. The Morgan fingerprint density at radius 3 is 2.62 bits per heavy atom. The molecule has 1 saturated carbocycles. The van der Waals surface area contributed by atoms with Crippen molar-refractivity contribution in [2.24, 2.45) is 11.7 Å². The number of nitrogens with one attached hydrogen (secondary N) is 1. The maximum absolute atomic E-state index is 12.4. The van der Waals surface area contributed by atoms with E-state index in [-0.39, 0.29) is 11.8 Å². The van der Waals surface area contributed by atoms with Gasteiger partial charge in [0.25, 0.3) is 0 Å². The van der Waals surface area contributed by atoms with Gasteiger partial charge in [0.15, 0.2) is 0 Å². The second-order valence-corrected chi connectivity index (χ2v) is 7.86. The number of nitrogens with two attached hydrogens (primary N) is 1. The van der Waals surface area contributed by atoms with E-state index in [4.69, 9.17) is 5.73 Å². The summed E-state index contributed by atoms with van der Waals surface area (Å²) in [4.78, 5) is 0. The zero-order valence-corrected chi connectivity index (χ0v) is 13.5. The summed E-state index contributed by atoms with van der Waals surface area (Å²) in [7, 11) is -3.34. The number of sulfonamides is 1. The number of aryl methyl sites for hydroxylation is 1. The Balaban J connectivity index is 2.01.